The molecule has 0 aromatic carbocycles. The Morgan fingerprint density at radius 3 is 2.80 bits per heavy atom. The third-order valence-electron chi connectivity index (χ3n) is 3.47. The van der Waals surface area contributed by atoms with Gasteiger partial charge in [-0.25, -0.2) is 0 Å². The summed E-state index contributed by atoms with van der Waals surface area (Å²) in [6, 6.07) is 0.380. The van der Waals surface area contributed by atoms with Crippen molar-refractivity contribution in [3.05, 3.63) is 12.2 Å². The van der Waals surface area contributed by atoms with E-state index in [0.717, 1.165) is 25.9 Å². The van der Waals surface area contributed by atoms with Gasteiger partial charge in [-0.2, -0.15) is 0 Å². The van der Waals surface area contributed by atoms with Gasteiger partial charge in [0.1, 0.15) is 0 Å². The number of rotatable bonds is 2. The number of carbonyl (C=O) groups is 1. The van der Waals surface area contributed by atoms with E-state index in [1.54, 1.807) is 0 Å². The molecule has 1 fully saturated rings. The van der Waals surface area contributed by atoms with Gasteiger partial charge < -0.3 is 4.74 Å². The van der Waals surface area contributed by atoms with Crippen LogP contribution in [0.15, 0.2) is 12.2 Å². The van der Waals surface area contributed by atoms with E-state index in [1.807, 2.05) is 6.08 Å². The van der Waals surface area contributed by atoms with Gasteiger partial charge in [0, 0.05) is 6.04 Å². The average molecular weight is 209 g/mol. The molecule has 2 atom stereocenters. The number of carbonyl (C=O) groups excluding carboxylic acids is 1. The minimum atomic E-state index is -0.0807. The van der Waals surface area contributed by atoms with Gasteiger partial charge >= 0.3 is 5.97 Å². The lowest BCUT2D eigenvalue weighted by atomic mass is 9.89. The summed E-state index contributed by atoms with van der Waals surface area (Å²) in [5.41, 5.74) is 0. The SMILES string of the molecule is COC(=O)C1C=CCCC1N1CCCC1. The molecular weight excluding hydrogens is 190 g/mol. The standard InChI is InChI=1S/C12H19NO2/c1-15-12(14)10-6-2-3-7-11(10)13-8-4-5-9-13/h2,6,10-11H,3-5,7-9H2,1H3. The molecule has 1 saturated heterocycles. The van der Waals surface area contributed by atoms with Crippen molar-refractivity contribution in [2.45, 2.75) is 31.7 Å². The average Bonchev–Trinajstić information content (AvgIpc) is 2.81. The molecule has 15 heavy (non-hydrogen) atoms. The molecule has 84 valence electrons. The van der Waals surface area contributed by atoms with Crippen molar-refractivity contribution in [1.82, 2.24) is 4.90 Å². The summed E-state index contributed by atoms with van der Waals surface area (Å²) >= 11 is 0. The molecule has 2 rings (SSSR count). The summed E-state index contributed by atoms with van der Waals surface area (Å²) in [6.45, 7) is 2.29. The molecule has 0 bridgehead atoms. The van der Waals surface area contributed by atoms with Crippen molar-refractivity contribution < 1.29 is 9.53 Å². The maximum absolute atomic E-state index is 11.6. The molecule has 0 amide bonds. The molecule has 2 unspecified atom stereocenters. The Morgan fingerprint density at radius 1 is 1.40 bits per heavy atom. The van der Waals surface area contributed by atoms with Crippen LogP contribution in [0, 0.1) is 5.92 Å². The molecule has 0 aromatic rings. The lowest BCUT2D eigenvalue weighted by Gasteiger charge is -2.33. The summed E-state index contributed by atoms with van der Waals surface area (Å²) in [5.74, 6) is -0.121. The monoisotopic (exact) mass is 209 g/mol. The Balaban J connectivity index is 2.07. The quantitative estimate of drug-likeness (QED) is 0.511. The fourth-order valence-corrected chi connectivity index (χ4v) is 2.67. The molecule has 0 saturated carbocycles. The Bertz CT molecular complexity index is 256. The highest BCUT2D eigenvalue weighted by Crippen LogP contribution is 2.27. The van der Waals surface area contributed by atoms with E-state index in [9.17, 15) is 4.79 Å². The minimum absolute atomic E-state index is 0.0400. The van der Waals surface area contributed by atoms with E-state index in [-0.39, 0.29) is 11.9 Å². The van der Waals surface area contributed by atoms with E-state index in [0.29, 0.717) is 6.04 Å². The Morgan fingerprint density at radius 2 is 2.13 bits per heavy atom. The normalized spacial score (nSPS) is 31.8. The third kappa shape index (κ3) is 2.23. The lowest BCUT2D eigenvalue weighted by Crippen LogP contribution is -2.42. The van der Waals surface area contributed by atoms with Crippen molar-refractivity contribution in [2.75, 3.05) is 20.2 Å². The van der Waals surface area contributed by atoms with Crippen LogP contribution in [0.2, 0.25) is 0 Å². The van der Waals surface area contributed by atoms with Crippen molar-refractivity contribution in [1.29, 1.82) is 0 Å². The molecular formula is C12H19NO2. The zero-order valence-corrected chi connectivity index (χ0v) is 9.32. The first-order valence-corrected chi connectivity index (χ1v) is 5.81. The van der Waals surface area contributed by atoms with Gasteiger partial charge in [-0.1, -0.05) is 12.2 Å². The van der Waals surface area contributed by atoms with Crippen LogP contribution in [0.5, 0.6) is 0 Å². The molecule has 0 spiro atoms. The summed E-state index contributed by atoms with van der Waals surface area (Å²) in [5, 5.41) is 0. The van der Waals surface area contributed by atoms with Gasteiger partial charge in [0.2, 0.25) is 0 Å². The molecule has 0 radical (unpaired) electrons. The topological polar surface area (TPSA) is 29.5 Å². The molecule has 0 aromatic heterocycles. The van der Waals surface area contributed by atoms with Crippen LogP contribution in [0.25, 0.3) is 0 Å². The van der Waals surface area contributed by atoms with E-state index in [1.165, 1.54) is 20.0 Å². The van der Waals surface area contributed by atoms with Gasteiger partial charge in [0.25, 0.3) is 0 Å². The number of likely N-dealkylation sites (tertiary alicyclic amines) is 1. The fourth-order valence-electron chi connectivity index (χ4n) is 2.67. The summed E-state index contributed by atoms with van der Waals surface area (Å²) in [6.07, 6.45) is 8.86. The van der Waals surface area contributed by atoms with E-state index in [2.05, 4.69) is 11.0 Å². The predicted molar refractivity (Wildman–Crippen MR) is 58.5 cm³/mol. The zero-order chi connectivity index (χ0) is 10.7. The van der Waals surface area contributed by atoms with E-state index < -0.39 is 0 Å². The van der Waals surface area contributed by atoms with Crippen LogP contribution in [0.1, 0.15) is 25.7 Å². The molecule has 1 aliphatic carbocycles. The number of ether oxygens (including phenoxy) is 1. The first kappa shape index (κ1) is 10.7. The Labute approximate surface area is 91.1 Å². The van der Waals surface area contributed by atoms with Gasteiger partial charge in [-0.3, -0.25) is 9.69 Å². The molecule has 0 N–H and O–H groups in total. The molecule has 1 aliphatic heterocycles. The van der Waals surface area contributed by atoms with Gasteiger partial charge in [0.05, 0.1) is 13.0 Å². The largest absolute Gasteiger partial charge is 0.469 e. The summed E-state index contributed by atoms with van der Waals surface area (Å²) in [7, 11) is 1.48. The second kappa shape index (κ2) is 4.79. The van der Waals surface area contributed by atoms with Gasteiger partial charge in [0.15, 0.2) is 0 Å². The van der Waals surface area contributed by atoms with Crippen LogP contribution in [0.3, 0.4) is 0 Å². The minimum Gasteiger partial charge on any atom is -0.469 e. The lowest BCUT2D eigenvalue weighted by molar-refractivity contribution is -0.146. The zero-order valence-electron chi connectivity index (χ0n) is 9.32. The molecule has 3 heteroatoms. The highest BCUT2D eigenvalue weighted by atomic mass is 16.5. The maximum atomic E-state index is 11.6. The van der Waals surface area contributed by atoms with Crippen LogP contribution in [0.4, 0.5) is 0 Å². The smallest absolute Gasteiger partial charge is 0.314 e. The highest BCUT2D eigenvalue weighted by molar-refractivity contribution is 5.75. The van der Waals surface area contributed by atoms with Crippen molar-refractivity contribution >= 4 is 5.97 Å². The van der Waals surface area contributed by atoms with E-state index >= 15 is 0 Å². The van der Waals surface area contributed by atoms with Gasteiger partial charge in [-0.15, -0.1) is 0 Å². The molecule has 3 nitrogen and oxygen atoms in total. The number of allylic oxidation sites excluding steroid dienone is 1. The number of methoxy groups -OCH3 is 1. The highest BCUT2D eigenvalue weighted by Gasteiger charge is 2.34. The second-order valence-corrected chi connectivity index (χ2v) is 4.36. The number of nitrogens with zero attached hydrogens (tertiary/aromatic N) is 1. The van der Waals surface area contributed by atoms with E-state index in [4.69, 9.17) is 4.74 Å². The number of esters is 1. The van der Waals surface area contributed by atoms with Crippen molar-refractivity contribution in [2.24, 2.45) is 5.92 Å². The number of hydrogen-bond acceptors (Lipinski definition) is 3. The summed E-state index contributed by atoms with van der Waals surface area (Å²) in [4.78, 5) is 14.1. The van der Waals surface area contributed by atoms with Crippen LogP contribution in [-0.4, -0.2) is 37.1 Å². The first-order valence-electron chi connectivity index (χ1n) is 5.81. The third-order valence-corrected chi connectivity index (χ3v) is 3.47. The van der Waals surface area contributed by atoms with Crippen molar-refractivity contribution in [3.63, 3.8) is 0 Å². The number of hydrogen-bond donors (Lipinski definition) is 0. The maximum Gasteiger partial charge on any atom is 0.314 e. The fraction of sp³-hybridized carbons (Fsp3) is 0.750. The van der Waals surface area contributed by atoms with Crippen molar-refractivity contribution in [3.8, 4) is 0 Å². The van der Waals surface area contributed by atoms with Gasteiger partial charge in [-0.05, 0) is 38.8 Å². The Hall–Kier alpha value is -0.830. The first-order chi connectivity index (χ1) is 7.33. The van der Waals surface area contributed by atoms with Crippen LogP contribution in [-0.2, 0) is 9.53 Å². The van der Waals surface area contributed by atoms with Crippen LogP contribution < -0.4 is 0 Å². The molecule has 1 heterocycles. The second-order valence-electron chi connectivity index (χ2n) is 4.36. The summed E-state index contributed by atoms with van der Waals surface area (Å²) < 4.78 is 4.86. The Kier molecular flexibility index (Phi) is 3.41. The predicted octanol–water partition coefficient (Wildman–Crippen LogP) is 1.59. The van der Waals surface area contributed by atoms with Crippen LogP contribution >= 0.6 is 0 Å². The molecule has 2 aliphatic rings.